The van der Waals surface area contributed by atoms with Crippen LogP contribution in [0, 0.1) is 5.92 Å². The zero-order valence-corrected chi connectivity index (χ0v) is 12.0. The molecule has 106 valence electrons. The predicted molar refractivity (Wildman–Crippen MR) is 77.0 cm³/mol. The number of nitrogens with two attached hydrogens (primary N) is 1. The van der Waals surface area contributed by atoms with Crippen molar-refractivity contribution in [3.8, 4) is 5.75 Å². The fourth-order valence-electron chi connectivity index (χ4n) is 2.04. The van der Waals surface area contributed by atoms with Gasteiger partial charge in [-0.3, -0.25) is 4.79 Å². The van der Waals surface area contributed by atoms with Crippen LogP contribution in [0.15, 0.2) is 24.3 Å². The molecule has 0 aliphatic carbocycles. The number of carbonyl (C=O) groups is 1. The molecule has 0 aromatic heterocycles. The van der Waals surface area contributed by atoms with Crippen molar-refractivity contribution in [2.24, 2.45) is 11.7 Å². The van der Waals surface area contributed by atoms with Crippen molar-refractivity contribution in [1.29, 1.82) is 0 Å². The van der Waals surface area contributed by atoms with Gasteiger partial charge in [0.25, 0.3) is 0 Å². The van der Waals surface area contributed by atoms with Gasteiger partial charge >= 0.3 is 0 Å². The first-order valence-corrected chi connectivity index (χ1v) is 6.79. The lowest BCUT2D eigenvalue weighted by atomic mass is 9.96. The van der Waals surface area contributed by atoms with Gasteiger partial charge in [-0.25, -0.2) is 0 Å². The van der Waals surface area contributed by atoms with E-state index in [0.29, 0.717) is 12.5 Å². The van der Waals surface area contributed by atoms with Gasteiger partial charge in [-0.1, -0.05) is 32.0 Å². The van der Waals surface area contributed by atoms with Gasteiger partial charge in [0.2, 0.25) is 5.91 Å². The van der Waals surface area contributed by atoms with Crippen molar-refractivity contribution in [2.45, 2.75) is 33.2 Å². The zero-order valence-electron chi connectivity index (χ0n) is 12.0. The number of hydrogen-bond acceptors (Lipinski definition) is 3. The summed E-state index contributed by atoms with van der Waals surface area (Å²) in [5.41, 5.74) is 6.40. The van der Waals surface area contributed by atoms with Gasteiger partial charge in [0.15, 0.2) is 0 Å². The third-order valence-electron chi connectivity index (χ3n) is 2.82. The summed E-state index contributed by atoms with van der Waals surface area (Å²) in [6.07, 6.45) is 0.857. The fourth-order valence-corrected chi connectivity index (χ4v) is 2.04. The Bertz CT molecular complexity index is 405. The Labute approximate surface area is 115 Å². The smallest absolute Gasteiger partial charge is 0.234 e. The quantitative estimate of drug-likeness (QED) is 0.794. The molecule has 0 fully saturated rings. The summed E-state index contributed by atoms with van der Waals surface area (Å²) in [7, 11) is 0. The summed E-state index contributed by atoms with van der Waals surface area (Å²) in [4.78, 5) is 11.6. The van der Waals surface area contributed by atoms with Crippen molar-refractivity contribution in [3.63, 3.8) is 0 Å². The number of nitrogens with one attached hydrogen (secondary N) is 1. The first kappa shape index (κ1) is 15.5. The molecular weight excluding hydrogens is 240 g/mol. The van der Waals surface area contributed by atoms with Crippen LogP contribution < -0.4 is 15.8 Å². The van der Waals surface area contributed by atoms with Crippen LogP contribution in [0.1, 0.15) is 38.8 Å². The number of carbonyl (C=O) groups excluding carboxylic acids is 1. The highest BCUT2D eigenvalue weighted by Gasteiger charge is 2.19. The minimum atomic E-state index is -0.142. The van der Waals surface area contributed by atoms with Gasteiger partial charge in [0, 0.05) is 5.56 Å². The summed E-state index contributed by atoms with van der Waals surface area (Å²) < 4.78 is 5.63. The molecule has 0 spiro atoms. The molecule has 19 heavy (non-hydrogen) atoms. The minimum absolute atomic E-state index is 0.00535. The molecule has 4 nitrogen and oxygen atoms in total. The van der Waals surface area contributed by atoms with Crippen LogP contribution in [0.5, 0.6) is 5.75 Å². The van der Waals surface area contributed by atoms with E-state index in [1.165, 1.54) is 0 Å². The third kappa shape index (κ3) is 4.91. The summed E-state index contributed by atoms with van der Waals surface area (Å²) in [5, 5.41) is 2.97. The summed E-state index contributed by atoms with van der Waals surface area (Å²) in [6, 6.07) is 7.76. The number of hydrogen-bond donors (Lipinski definition) is 2. The molecule has 0 radical (unpaired) electrons. The average molecular weight is 264 g/mol. The highest BCUT2D eigenvalue weighted by Crippen LogP contribution is 2.29. The lowest BCUT2D eigenvalue weighted by molar-refractivity contribution is -0.120. The van der Waals surface area contributed by atoms with Crippen LogP contribution in [0.3, 0.4) is 0 Å². The molecule has 0 aliphatic heterocycles. The maximum Gasteiger partial charge on any atom is 0.234 e. The van der Waals surface area contributed by atoms with Gasteiger partial charge in [-0.2, -0.15) is 0 Å². The lowest BCUT2D eigenvalue weighted by Gasteiger charge is -2.23. The molecule has 4 heteroatoms. The number of para-hydroxylation sites is 1. The highest BCUT2D eigenvalue weighted by molar-refractivity contribution is 5.78. The second kappa shape index (κ2) is 7.79. The highest BCUT2D eigenvalue weighted by atomic mass is 16.5. The first-order valence-electron chi connectivity index (χ1n) is 6.79. The molecule has 0 aliphatic rings. The maximum absolute atomic E-state index is 11.6. The second-order valence-electron chi connectivity index (χ2n) is 4.92. The van der Waals surface area contributed by atoms with E-state index in [4.69, 9.17) is 10.5 Å². The Morgan fingerprint density at radius 1 is 1.37 bits per heavy atom. The van der Waals surface area contributed by atoms with Crippen molar-refractivity contribution >= 4 is 5.91 Å². The molecule has 0 bridgehead atoms. The van der Waals surface area contributed by atoms with E-state index in [9.17, 15) is 4.79 Å². The maximum atomic E-state index is 11.6. The second-order valence-corrected chi connectivity index (χ2v) is 4.92. The molecule has 3 N–H and O–H groups in total. The van der Waals surface area contributed by atoms with E-state index >= 15 is 0 Å². The van der Waals surface area contributed by atoms with E-state index in [2.05, 4.69) is 19.2 Å². The molecule has 0 saturated heterocycles. The van der Waals surface area contributed by atoms with Gasteiger partial charge in [0.1, 0.15) is 5.75 Å². The van der Waals surface area contributed by atoms with Gasteiger partial charge in [-0.05, 0) is 25.3 Å². The van der Waals surface area contributed by atoms with Gasteiger partial charge in [0.05, 0.1) is 19.2 Å². The molecule has 0 saturated carbocycles. The van der Waals surface area contributed by atoms with Crippen LogP contribution >= 0.6 is 0 Å². The zero-order chi connectivity index (χ0) is 14.3. The third-order valence-corrected chi connectivity index (χ3v) is 2.82. The Kier molecular flexibility index (Phi) is 6.36. The fraction of sp³-hybridized carbons (Fsp3) is 0.533. The molecule has 1 aromatic rings. The normalized spacial score (nSPS) is 12.3. The first-order chi connectivity index (χ1) is 9.08. The standard InChI is InChI=1S/C15H24N2O2/c1-4-19-14-8-6-5-7-12(14)13(9-11(2)3)17-15(18)10-16/h5-8,11,13H,4,9-10,16H2,1-3H3,(H,17,18). The number of benzene rings is 1. The molecule has 0 heterocycles. The van der Waals surface area contributed by atoms with Crippen molar-refractivity contribution in [1.82, 2.24) is 5.32 Å². The largest absolute Gasteiger partial charge is 0.494 e. The van der Waals surface area contributed by atoms with Crippen molar-refractivity contribution < 1.29 is 9.53 Å². The van der Waals surface area contributed by atoms with E-state index in [1.807, 2.05) is 31.2 Å². The molecular formula is C15H24N2O2. The van der Waals surface area contributed by atoms with Crippen LogP contribution in [-0.4, -0.2) is 19.1 Å². The molecule has 1 aromatic carbocycles. The monoisotopic (exact) mass is 264 g/mol. The SMILES string of the molecule is CCOc1ccccc1C(CC(C)C)NC(=O)CN. The summed E-state index contributed by atoms with van der Waals surface area (Å²) >= 11 is 0. The number of ether oxygens (including phenoxy) is 1. The Morgan fingerprint density at radius 3 is 2.63 bits per heavy atom. The Balaban J connectivity index is 2.98. The Morgan fingerprint density at radius 2 is 2.05 bits per heavy atom. The van der Waals surface area contributed by atoms with E-state index in [1.54, 1.807) is 0 Å². The average Bonchev–Trinajstić information content (AvgIpc) is 2.38. The van der Waals surface area contributed by atoms with Crippen molar-refractivity contribution in [3.05, 3.63) is 29.8 Å². The van der Waals surface area contributed by atoms with Gasteiger partial charge < -0.3 is 15.8 Å². The number of amides is 1. The van der Waals surface area contributed by atoms with E-state index in [0.717, 1.165) is 17.7 Å². The van der Waals surface area contributed by atoms with E-state index < -0.39 is 0 Å². The topological polar surface area (TPSA) is 64.3 Å². The summed E-state index contributed by atoms with van der Waals surface area (Å²) in [6.45, 7) is 6.82. The van der Waals surface area contributed by atoms with Crippen molar-refractivity contribution in [2.75, 3.05) is 13.2 Å². The van der Waals surface area contributed by atoms with Crippen LogP contribution in [-0.2, 0) is 4.79 Å². The predicted octanol–water partition coefficient (Wildman–Crippen LogP) is 2.25. The van der Waals surface area contributed by atoms with Crippen LogP contribution in [0.4, 0.5) is 0 Å². The Hall–Kier alpha value is -1.55. The van der Waals surface area contributed by atoms with Crippen LogP contribution in [0.25, 0.3) is 0 Å². The molecule has 1 atom stereocenters. The molecule has 1 amide bonds. The molecule has 1 rings (SSSR count). The minimum Gasteiger partial charge on any atom is -0.494 e. The lowest BCUT2D eigenvalue weighted by Crippen LogP contribution is -2.34. The van der Waals surface area contributed by atoms with E-state index in [-0.39, 0.29) is 18.5 Å². The van der Waals surface area contributed by atoms with Crippen LogP contribution in [0.2, 0.25) is 0 Å². The number of rotatable bonds is 7. The summed E-state index contributed by atoms with van der Waals surface area (Å²) in [5.74, 6) is 1.16. The molecule has 1 unspecified atom stereocenters. The van der Waals surface area contributed by atoms with Gasteiger partial charge in [-0.15, -0.1) is 0 Å².